The third kappa shape index (κ3) is 4.21. The maximum Gasteiger partial charge on any atom is 0.291 e. The monoisotopic (exact) mass is 417 g/mol. The number of rotatable bonds is 4. The Hall–Kier alpha value is -3.48. The van der Waals surface area contributed by atoms with E-state index in [0.29, 0.717) is 12.2 Å². The van der Waals surface area contributed by atoms with Crippen LogP contribution in [0.25, 0.3) is 10.9 Å². The third-order valence-corrected chi connectivity index (χ3v) is 5.56. The molecule has 1 N–H and O–H groups in total. The summed E-state index contributed by atoms with van der Waals surface area (Å²) in [5.41, 5.74) is 3.06. The van der Waals surface area contributed by atoms with Crippen molar-refractivity contribution in [2.45, 2.75) is 40.3 Å². The summed E-state index contributed by atoms with van der Waals surface area (Å²) in [5.74, 6) is -0.540. The smallest absolute Gasteiger partial charge is 0.291 e. The molecule has 0 fully saturated rings. The zero-order valence-corrected chi connectivity index (χ0v) is 18.3. The van der Waals surface area contributed by atoms with Crippen molar-refractivity contribution in [2.24, 2.45) is 10.5 Å². The summed E-state index contributed by atoms with van der Waals surface area (Å²) >= 11 is 0. The molecule has 7 nitrogen and oxygen atoms in total. The van der Waals surface area contributed by atoms with Gasteiger partial charge in [-0.1, -0.05) is 39.0 Å². The van der Waals surface area contributed by atoms with Gasteiger partial charge in [-0.15, -0.1) is 0 Å². The molecule has 0 bridgehead atoms. The molecule has 2 aromatic heterocycles. The topological polar surface area (TPSA) is 79.6 Å². The standard InChI is InChI=1S/C24H27N5O2/c1-16(17-9-11-25-12-10-17)26-22(30)15-29-23(31)20-13-18-7-5-6-8-19(18)28(20)14-21(27-29)24(2,3)4/h5-13,16H,14-15H2,1-4H3,(H,26,30). The Kier molecular flexibility index (Phi) is 5.35. The lowest BCUT2D eigenvalue weighted by molar-refractivity contribution is -0.122. The molecule has 3 aromatic rings. The minimum Gasteiger partial charge on any atom is -0.348 e. The lowest BCUT2D eigenvalue weighted by Gasteiger charge is -2.23. The number of carbonyl (C=O) groups excluding carboxylic acids is 2. The first-order valence-corrected chi connectivity index (χ1v) is 10.4. The third-order valence-electron chi connectivity index (χ3n) is 5.56. The van der Waals surface area contributed by atoms with Crippen molar-refractivity contribution >= 4 is 28.4 Å². The first-order chi connectivity index (χ1) is 14.7. The molecule has 2 amide bonds. The van der Waals surface area contributed by atoms with E-state index in [-0.39, 0.29) is 29.8 Å². The second-order valence-corrected chi connectivity index (χ2v) is 8.90. The van der Waals surface area contributed by atoms with Gasteiger partial charge in [0.05, 0.1) is 18.3 Å². The quantitative estimate of drug-likeness (QED) is 0.702. The molecule has 0 saturated carbocycles. The molecular formula is C24H27N5O2. The predicted octanol–water partition coefficient (Wildman–Crippen LogP) is 3.77. The number of amides is 2. The number of para-hydroxylation sites is 1. The van der Waals surface area contributed by atoms with Crippen LogP contribution in [0.3, 0.4) is 0 Å². The highest BCUT2D eigenvalue weighted by Crippen LogP contribution is 2.27. The molecule has 1 aliphatic heterocycles. The molecular weight excluding hydrogens is 390 g/mol. The summed E-state index contributed by atoms with van der Waals surface area (Å²) in [5, 5.41) is 9.90. The summed E-state index contributed by atoms with van der Waals surface area (Å²) in [6, 6.07) is 13.3. The van der Waals surface area contributed by atoms with Crippen molar-refractivity contribution in [1.29, 1.82) is 0 Å². The first kappa shape index (κ1) is 20.8. The molecule has 7 heteroatoms. The fourth-order valence-corrected chi connectivity index (χ4v) is 3.72. The SMILES string of the molecule is CC(NC(=O)CN1N=C(C(C)(C)C)Cn2c(cc3ccccc32)C1=O)c1ccncc1. The number of aromatic nitrogens is 2. The lowest BCUT2D eigenvalue weighted by atomic mass is 9.90. The van der Waals surface area contributed by atoms with E-state index in [0.717, 1.165) is 22.2 Å². The van der Waals surface area contributed by atoms with Crippen molar-refractivity contribution in [2.75, 3.05) is 6.54 Å². The van der Waals surface area contributed by atoms with Crippen molar-refractivity contribution in [3.63, 3.8) is 0 Å². The van der Waals surface area contributed by atoms with E-state index < -0.39 is 0 Å². The molecule has 0 radical (unpaired) electrons. The summed E-state index contributed by atoms with van der Waals surface area (Å²) < 4.78 is 2.00. The van der Waals surface area contributed by atoms with Gasteiger partial charge in [0, 0.05) is 28.7 Å². The normalized spacial score (nSPS) is 15.3. The van der Waals surface area contributed by atoms with E-state index in [1.54, 1.807) is 12.4 Å². The van der Waals surface area contributed by atoms with E-state index >= 15 is 0 Å². The van der Waals surface area contributed by atoms with Crippen molar-refractivity contribution in [3.8, 4) is 0 Å². The fourth-order valence-electron chi connectivity index (χ4n) is 3.72. The number of hydrogen-bond acceptors (Lipinski definition) is 4. The van der Waals surface area contributed by atoms with Crippen molar-refractivity contribution in [1.82, 2.24) is 19.9 Å². The molecule has 0 aliphatic carbocycles. The Morgan fingerprint density at radius 1 is 1.16 bits per heavy atom. The Bertz CT molecular complexity index is 1160. The molecule has 1 aromatic carbocycles. The number of hydrazone groups is 1. The number of fused-ring (bicyclic) bond motifs is 3. The second-order valence-electron chi connectivity index (χ2n) is 8.90. The number of benzene rings is 1. The van der Waals surface area contributed by atoms with Crippen LogP contribution in [0.15, 0.2) is 60.0 Å². The van der Waals surface area contributed by atoms with Crippen LogP contribution in [0.4, 0.5) is 0 Å². The summed E-state index contributed by atoms with van der Waals surface area (Å²) in [6.45, 7) is 8.46. The van der Waals surface area contributed by atoms with Gasteiger partial charge in [0.15, 0.2) is 0 Å². The van der Waals surface area contributed by atoms with Crippen LogP contribution in [0.5, 0.6) is 0 Å². The Balaban J connectivity index is 1.64. The molecule has 4 rings (SSSR count). The number of pyridine rings is 1. The highest BCUT2D eigenvalue weighted by atomic mass is 16.2. The van der Waals surface area contributed by atoms with Crippen LogP contribution in [-0.4, -0.2) is 38.6 Å². The zero-order valence-electron chi connectivity index (χ0n) is 18.3. The summed E-state index contributed by atoms with van der Waals surface area (Å²) in [6.07, 6.45) is 3.38. The van der Waals surface area contributed by atoms with E-state index in [4.69, 9.17) is 0 Å². The molecule has 0 spiro atoms. The average Bonchev–Trinajstić information content (AvgIpc) is 3.04. The minimum absolute atomic E-state index is 0.143. The number of nitrogens with zero attached hydrogens (tertiary/aromatic N) is 4. The molecule has 1 unspecified atom stereocenters. The van der Waals surface area contributed by atoms with Crippen LogP contribution in [-0.2, 0) is 11.3 Å². The van der Waals surface area contributed by atoms with Crippen LogP contribution in [0.2, 0.25) is 0 Å². The van der Waals surface area contributed by atoms with Gasteiger partial charge in [0.2, 0.25) is 5.91 Å². The van der Waals surface area contributed by atoms with Gasteiger partial charge >= 0.3 is 0 Å². The van der Waals surface area contributed by atoms with E-state index in [1.807, 2.05) is 54.0 Å². The van der Waals surface area contributed by atoms with Crippen molar-refractivity contribution in [3.05, 3.63) is 66.1 Å². The van der Waals surface area contributed by atoms with Gasteiger partial charge in [0.1, 0.15) is 12.2 Å². The van der Waals surface area contributed by atoms with E-state index in [9.17, 15) is 9.59 Å². The van der Waals surface area contributed by atoms with Crippen molar-refractivity contribution < 1.29 is 9.59 Å². The van der Waals surface area contributed by atoms with Gasteiger partial charge in [-0.05, 0) is 36.8 Å². The fraction of sp³-hybridized carbons (Fsp3) is 0.333. The number of nitrogens with one attached hydrogen (secondary N) is 1. The predicted molar refractivity (Wildman–Crippen MR) is 121 cm³/mol. The van der Waals surface area contributed by atoms with Gasteiger partial charge in [-0.3, -0.25) is 14.6 Å². The average molecular weight is 418 g/mol. The molecule has 0 saturated heterocycles. The van der Waals surface area contributed by atoms with Crippen LogP contribution in [0, 0.1) is 5.41 Å². The first-order valence-electron chi connectivity index (χ1n) is 10.4. The highest BCUT2D eigenvalue weighted by molar-refractivity contribution is 6.03. The highest BCUT2D eigenvalue weighted by Gasteiger charge is 2.31. The Labute approximate surface area is 181 Å². The second kappa shape index (κ2) is 7.98. The van der Waals surface area contributed by atoms with Gasteiger partial charge < -0.3 is 9.88 Å². The molecule has 31 heavy (non-hydrogen) atoms. The Morgan fingerprint density at radius 2 is 1.87 bits per heavy atom. The zero-order chi connectivity index (χ0) is 22.2. The summed E-state index contributed by atoms with van der Waals surface area (Å²) in [4.78, 5) is 30.2. The molecule has 160 valence electrons. The van der Waals surface area contributed by atoms with Gasteiger partial charge in [-0.2, -0.15) is 5.10 Å². The maximum atomic E-state index is 13.4. The Morgan fingerprint density at radius 3 is 2.58 bits per heavy atom. The van der Waals surface area contributed by atoms with E-state index in [2.05, 4.69) is 36.2 Å². The van der Waals surface area contributed by atoms with Gasteiger partial charge in [-0.25, -0.2) is 5.01 Å². The van der Waals surface area contributed by atoms with Crippen LogP contribution in [0.1, 0.15) is 49.8 Å². The minimum atomic E-state index is -0.276. The summed E-state index contributed by atoms with van der Waals surface area (Å²) in [7, 11) is 0. The molecule has 1 atom stereocenters. The lowest BCUT2D eigenvalue weighted by Crippen LogP contribution is -2.39. The number of carbonyl (C=O) groups is 2. The molecule has 3 heterocycles. The van der Waals surface area contributed by atoms with Gasteiger partial charge in [0.25, 0.3) is 5.91 Å². The van der Waals surface area contributed by atoms with E-state index in [1.165, 1.54) is 5.01 Å². The molecule has 1 aliphatic rings. The van der Waals surface area contributed by atoms with Crippen LogP contribution < -0.4 is 5.32 Å². The maximum absolute atomic E-state index is 13.4. The number of hydrogen-bond donors (Lipinski definition) is 1. The van der Waals surface area contributed by atoms with Crippen LogP contribution >= 0.6 is 0 Å². The largest absolute Gasteiger partial charge is 0.348 e.